The van der Waals surface area contributed by atoms with Crippen LogP contribution in [0, 0.1) is 0 Å². The second kappa shape index (κ2) is 11.8. The van der Waals surface area contributed by atoms with E-state index in [-0.39, 0.29) is 12.5 Å². The summed E-state index contributed by atoms with van der Waals surface area (Å²) in [6.45, 7) is 3.59. The number of amides is 1. The van der Waals surface area contributed by atoms with Crippen LogP contribution in [0.1, 0.15) is 13.8 Å². The lowest BCUT2D eigenvalue weighted by Gasteiger charge is -2.21. The molecule has 5 N–H and O–H groups in total. The Hall–Kier alpha value is -1.22. The highest BCUT2D eigenvalue weighted by Crippen LogP contribution is 1.87. The van der Waals surface area contributed by atoms with Crippen molar-refractivity contribution in [2.45, 2.75) is 26.1 Å². The van der Waals surface area contributed by atoms with Crippen molar-refractivity contribution in [3.63, 3.8) is 0 Å². The Labute approximate surface area is 113 Å². The van der Waals surface area contributed by atoms with Crippen molar-refractivity contribution in [3.8, 4) is 0 Å². The van der Waals surface area contributed by atoms with Crippen LogP contribution in [-0.4, -0.2) is 78.2 Å². The van der Waals surface area contributed by atoms with Crippen LogP contribution >= 0.6 is 0 Å². The number of rotatable bonds is 4. The van der Waals surface area contributed by atoms with Gasteiger partial charge in [0.2, 0.25) is 5.91 Å². The summed E-state index contributed by atoms with van der Waals surface area (Å²) >= 11 is 0. The van der Waals surface area contributed by atoms with Gasteiger partial charge in [0.05, 0.1) is 39.8 Å². The number of carbonyl (C=O) groups excluding carboxylic acids is 2. The van der Waals surface area contributed by atoms with Gasteiger partial charge < -0.3 is 35.4 Å². The molecule has 0 aromatic carbocycles. The van der Waals surface area contributed by atoms with Gasteiger partial charge in [0.15, 0.2) is 0 Å². The second-order valence-corrected chi connectivity index (χ2v) is 4.85. The zero-order chi connectivity index (χ0) is 16.2. The quantitative estimate of drug-likeness (QED) is 0.397. The normalized spacial score (nSPS) is 13.1. The maximum absolute atomic E-state index is 9.62. The zero-order valence-electron chi connectivity index (χ0n) is 12.2. The number of primary amides is 1. The molecular weight excluding hydrogens is 256 g/mol. The summed E-state index contributed by atoms with van der Waals surface area (Å²) in [6.07, 6.45) is -3.03. The van der Waals surface area contributed by atoms with Crippen LogP contribution in [0.25, 0.3) is 0 Å². The van der Waals surface area contributed by atoms with Gasteiger partial charge in [-0.3, -0.25) is 4.79 Å². The molecule has 0 heterocycles. The average molecular weight is 282 g/mol. The minimum absolute atomic E-state index is 0.281. The van der Waals surface area contributed by atoms with Crippen LogP contribution in [0.15, 0.2) is 0 Å². The van der Waals surface area contributed by atoms with E-state index >= 15 is 0 Å². The molecule has 2 atom stereocenters. The molecule has 8 heteroatoms. The molecule has 0 rings (SSSR count). The lowest BCUT2D eigenvalue weighted by molar-refractivity contribution is -0.870. The highest BCUT2D eigenvalue weighted by Gasteiger charge is 2.10. The van der Waals surface area contributed by atoms with Gasteiger partial charge in [0.1, 0.15) is 12.6 Å². The van der Waals surface area contributed by atoms with Gasteiger partial charge in [-0.1, -0.05) is 0 Å². The third-order valence-corrected chi connectivity index (χ3v) is 1.47. The smallest absolute Gasteiger partial charge is 0.214 e. The topological polar surface area (TPSA) is 144 Å². The Morgan fingerprint density at radius 2 is 1.58 bits per heavy atom. The van der Waals surface area contributed by atoms with Gasteiger partial charge in [0, 0.05) is 6.92 Å². The van der Waals surface area contributed by atoms with E-state index in [9.17, 15) is 14.7 Å². The van der Waals surface area contributed by atoms with E-state index in [4.69, 9.17) is 15.3 Å². The number of likely N-dealkylation sites (N-methyl/N-ethyl adjacent to an activating group) is 1. The predicted molar refractivity (Wildman–Crippen MR) is 67.5 cm³/mol. The minimum atomic E-state index is -1.77. The van der Waals surface area contributed by atoms with E-state index in [1.54, 1.807) is 0 Å². The third-order valence-electron chi connectivity index (χ3n) is 1.47. The van der Waals surface area contributed by atoms with Crippen LogP contribution in [-0.2, 0) is 9.59 Å². The lowest BCUT2D eigenvalue weighted by atomic mass is 10.2. The van der Waals surface area contributed by atoms with Crippen LogP contribution in [0.3, 0.4) is 0 Å². The third kappa shape index (κ3) is 31.5. The van der Waals surface area contributed by atoms with E-state index in [0.29, 0.717) is 0 Å². The number of quaternary nitrogens is 1. The Balaban J connectivity index is -0.000000214. The molecule has 8 nitrogen and oxygen atoms in total. The Bertz CT molecular complexity index is 246. The Morgan fingerprint density at radius 1 is 1.26 bits per heavy atom. The first kappa shape index (κ1) is 22.9. The standard InChI is InChI=1S/C5H14NO.C4H8O4.C2H5NO/c1-6(2,3)4-5-7;1-2(5)3(6)4(7)8;1-2(3)4/h7H,4-5H2,1-3H3;2-3,5-6H,1H3,(H,7,8);1H3,(H2,3,4)/q+1;;/p-1. The van der Waals surface area contributed by atoms with Crippen molar-refractivity contribution in [2.24, 2.45) is 5.73 Å². The van der Waals surface area contributed by atoms with Crippen LogP contribution in [0.5, 0.6) is 0 Å². The number of aliphatic carboxylic acids is 1. The summed E-state index contributed by atoms with van der Waals surface area (Å²) in [5.74, 6) is -1.99. The van der Waals surface area contributed by atoms with Gasteiger partial charge >= 0.3 is 0 Å². The SMILES string of the molecule is CC(N)=O.CC(O)C(O)C(=O)[O-].C[N+](C)(C)CCO. The Kier molecular flexibility index (Phi) is 14.3. The summed E-state index contributed by atoms with van der Waals surface area (Å²) in [5, 5.41) is 34.6. The van der Waals surface area contributed by atoms with E-state index in [1.807, 2.05) is 0 Å². The molecular formula is C11H26N2O6. The maximum Gasteiger partial charge on any atom is 0.214 e. The molecule has 0 saturated carbocycles. The van der Waals surface area contributed by atoms with Crippen molar-refractivity contribution in [1.82, 2.24) is 0 Å². The molecule has 0 aromatic heterocycles. The molecule has 0 radical (unpaired) electrons. The van der Waals surface area contributed by atoms with Gasteiger partial charge in [-0.25, -0.2) is 0 Å². The monoisotopic (exact) mass is 282 g/mol. The number of nitrogens with zero attached hydrogens (tertiary/aromatic N) is 1. The molecule has 0 spiro atoms. The van der Waals surface area contributed by atoms with E-state index in [2.05, 4.69) is 26.9 Å². The summed E-state index contributed by atoms with van der Waals surface area (Å²) < 4.78 is 0.844. The number of carboxylic acid groups (broad SMARTS) is 1. The number of carbonyl (C=O) groups is 2. The predicted octanol–water partition coefficient (Wildman–Crippen LogP) is -3.35. The molecule has 116 valence electrons. The maximum atomic E-state index is 9.62. The van der Waals surface area contributed by atoms with Crippen LogP contribution < -0.4 is 10.8 Å². The molecule has 0 aliphatic carbocycles. The second-order valence-electron chi connectivity index (χ2n) is 4.85. The summed E-state index contributed by atoms with van der Waals surface area (Å²) in [5.41, 5.74) is 4.47. The van der Waals surface area contributed by atoms with Gasteiger partial charge in [-0.2, -0.15) is 0 Å². The molecule has 0 aliphatic rings. The van der Waals surface area contributed by atoms with Crippen molar-refractivity contribution in [3.05, 3.63) is 0 Å². The van der Waals surface area contributed by atoms with E-state index < -0.39 is 18.2 Å². The fourth-order valence-electron chi connectivity index (χ4n) is 0.497. The zero-order valence-corrected chi connectivity index (χ0v) is 12.2. The van der Waals surface area contributed by atoms with Crippen molar-refractivity contribution >= 4 is 11.9 Å². The molecule has 0 aliphatic heterocycles. The fraction of sp³-hybridized carbons (Fsp3) is 0.818. The fourth-order valence-corrected chi connectivity index (χ4v) is 0.497. The largest absolute Gasteiger partial charge is 0.547 e. The van der Waals surface area contributed by atoms with Crippen molar-refractivity contribution in [1.29, 1.82) is 0 Å². The first-order chi connectivity index (χ1) is 8.35. The van der Waals surface area contributed by atoms with Crippen LogP contribution in [0.4, 0.5) is 0 Å². The summed E-state index contributed by atoms with van der Waals surface area (Å²) in [6, 6.07) is 0. The number of hydrogen-bond donors (Lipinski definition) is 4. The lowest BCUT2D eigenvalue weighted by Crippen LogP contribution is -2.42. The highest BCUT2D eigenvalue weighted by atomic mass is 16.4. The van der Waals surface area contributed by atoms with Gasteiger partial charge in [-0.05, 0) is 6.92 Å². The molecule has 2 unspecified atom stereocenters. The first-order valence-electron chi connectivity index (χ1n) is 5.59. The average Bonchev–Trinajstić information content (AvgIpc) is 2.14. The number of nitrogens with two attached hydrogens (primary N) is 1. The number of aliphatic hydroxyl groups is 3. The van der Waals surface area contributed by atoms with Crippen molar-refractivity contribution < 1.29 is 34.5 Å². The Morgan fingerprint density at radius 3 is 1.58 bits per heavy atom. The number of aliphatic hydroxyl groups excluding tert-OH is 3. The number of hydrogen-bond acceptors (Lipinski definition) is 6. The highest BCUT2D eigenvalue weighted by molar-refractivity contribution is 5.70. The van der Waals surface area contributed by atoms with Gasteiger partial charge in [0.25, 0.3) is 0 Å². The molecule has 0 aromatic rings. The number of carboxylic acids is 1. The molecule has 0 bridgehead atoms. The summed E-state index contributed by atoms with van der Waals surface area (Å²) in [7, 11) is 6.16. The first-order valence-corrected chi connectivity index (χ1v) is 5.59. The minimum Gasteiger partial charge on any atom is -0.547 e. The van der Waals surface area contributed by atoms with E-state index in [0.717, 1.165) is 11.0 Å². The molecule has 1 amide bonds. The molecule has 0 saturated heterocycles. The summed E-state index contributed by atoms with van der Waals surface area (Å²) in [4.78, 5) is 18.8. The van der Waals surface area contributed by atoms with Crippen LogP contribution in [0.2, 0.25) is 0 Å². The molecule has 0 fully saturated rings. The van der Waals surface area contributed by atoms with Gasteiger partial charge in [-0.15, -0.1) is 0 Å². The molecule has 19 heavy (non-hydrogen) atoms. The van der Waals surface area contributed by atoms with Crippen molar-refractivity contribution in [2.75, 3.05) is 34.3 Å². The van der Waals surface area contributed by atoms with E-state index in [1.165, 1.54) is 13.8 Å².